The summed E-state index contributed by atoms with van der Waals surface area (Å²) in [6, 6.07) is 6.71. The van der Waals surface area contributed by atoms with Crippen LogP contribution in [0.1, 0.15) is 23.1 Å². The molecule has 0 spiro atoms. The summed E-state index contributed by atoms with van der Waals surface area (Å²) in [5.74, 6) is 0.00687. The average Bonchev–Trinajstić information content (AvgIpc) is 2.77. The third-order valence-electron chi connectivity index (χ3n) is 3.00. The highest BCUT2D eigenvalue weighted by molar-refractivity contribution is 6.04. The first-order chi connectivity index (χ1) is 10.4. The summed E-state index contributed by atoms with van der Waals surface area (Å²) < 4.78 is 6.74. The van der Waals surface area contributed by atoms with E-state index in [0.717, 1.165) is 5.69 Å². The molecule has 1 heterocycles. The second-order valence-electron chi connectivity index (χ2n) is 4.84. The van der Waals surface area contributed by atoms with E-state index in [-0.39, 0.29) is 11.8 Å². The fourth-order valence-electron chi connectivity index (χ4n) is 2.10. The van der Waals surface area contributed by atoms with Crippen molar-refractivity contribution in [3.05, 3.63) is 35.7 Å². The van der Waals surface area contributed by atoms with Crippen molar-refractivity contribution in [1.29, 1.82) is 0 Å². The largest absolute Gasteiger partial charge is 0.495 e. The van der Waals surface area contributed by atoms with Gasteiger partial charge in [-0.25, -0.2) is 0 Å². The van der Waals surface area contributed by atoms with E-state index in [1.807, 2.05) is 6.92 Å². The fraction of sp³-hybridized carbons (Fsp3) is 0.267. The summed E-state index contributed by atoms with van der Waals surface area (Å²) in [4.78, 5) is 23.5. The number of anilines is 2. The van der Waals surface area contributed by atoms with Crippen LogP contribution in [-0.4, -0.2) is 28.7 Å². The Morgan fingerprint density at radius 2 is 1.95 bits per heavy atom. The van der Waals surface area contributed by atoms with Gasteiger partial charge in [0, 0.05) is 19.7 Å². The van der Waals surface area contributed by atoms with Gasteiger partial charge in [-0.05, 0) is 31.2 Å². The number of aryl methyl sites for hydroxylation is 2. The number of ether oxygens (including phenoxy) is 1. The monoisotopic (exact) mass is 302 g/mol. The number of hydrogen-bond acceptors (Lipinski definition) is 4. The van der Waals surface area contributed by atoms with Crippen LogP contribution < -0.4 is 15.4 Å². The molecule has 0 radical (unpaired) electrons. The SMILES string of the molecule is COc1ccc(NC(C)=O)cc1NC(=O)c1cc(C)nn1C. The lowest BCUT2D eigenvalue weighted by atomic mass is 10.2. The lowest BCUT2D eigenvalue weighted by Gasteiger charge is -2.12. The summed E-state index contributed by atoms with van der Waals surface area (Å²) in [5, 5.41) is 9.57. The van der Waals surface area contributed by atoms with Gasteiger partial charge in [0.05, 0.1) is 18.5 Å². The molecule has 7 nitrogen and oxygen atoms in total. The number of methoxy groups -OCH3 is 1. The molecule has 1 aromatic carbocycles. The highest BCUT2D eigenvalue weighted by Crippen LogP contribution is 2.28. The van der Waals surface area contributed by atoms with Gasteiger partial charge in [0.15, 0.2) is 0 Å². The van der Waals surface area contributed by atoms with Gasteiger partial charge < -0.3 is 15.4 Å². The van der Waals surface area contributed by atoms with Gasteiger partial charge in [-0.2, -0.15) is 5.10 Å². The van der Waals surface area contributed by atoms with Crippen LogP contribution >= 0.6 is 0 Å². The van der Waals surface area contributed by atoms with Gasteiger partial charge >= 0.3 is 0 Å². The predicted octanol–water partition coefficient (Wildman–Crippen LogP) is 1.95. The Morgan fingerprint density at radius 1 is 1.23 bits per heavy atom. The van der Waals surface area contributed by atoms with E-state index in [1.54, 1.807) is 31.3 Å². The van der Waals surface area contributed by atoms with E-state index < -0.39 is 0 Å². The van der Waals surface area contributed by atoms with Crippen LogP contribution in [0.5, 0.6) is 5.75 Å². The molecular weight excluding hydrogens is 284 g/mol. The van der Waals surface area contributed by atoms with Crippen molar-refractivity contribution in [3.8, 4) is 5.75 Å². The number of hydrogen-bond donors (Lipinski definition) is 2. The molecule has 0 atom stereocenters. The van der Waals surface area contributed by atoms with Crippen LogP contribution in [0.3, 0.4) is 0 Å². The quantitative estimate of drug-likeness (QED) is 0.904. The fourth-order valence-corrected chi connectivity index (χ4v) is 2.10. The van der Waals surface area contributed by atoms with Crippen LogP contribution in [0.25, 0.3) is 0 Å². The highest BCUT2D eigenvalue weighted by atomic mass is 16.5. The predicted molar refractivity (Wildman–Crippen MR) is 83.2 cm³/mol. The summed E-state index contributed by atoms with van der Waals surface area (Å²) >= 11 is 0. The molecule has 2 aromatic rings. The van der Waals surface area contributed by atoms with Gasteiger partial charge in [-0.15, -0.1) is 0 Å². The Kier molecular flexibility index (Phi) is 4.45. The minimum absolute atomic E-state index is 0.190. The zero-order chi connectivity index (χ0) is 16.3. The van der Waals surface area contributed by atoms with Gasteiger partial charge in [-0.3, -0.25) is 14.3 Å². The van der Waals surface area contributed by atoms with Crippen molar-refractivity contribution >= 4 is 23.2 Å². The Hall–Kier alpha value is -2.83. The van der Waals surface area contributed by atoms with E-state index >= 15 is 0 Å². The number of carbonyl (C=O) groups excluding carboxylic acids is 2. The van der Waals surface area contributed by atoms with E-state index in [0.29, 0.717) is 22.8 Å². The van der Waals surface area contributed by atoms with Crippen molar-refractivity contribution in [2.45, 2.75) is 13.8 Å². The number of rotatable bonds is 4. The van der Waals surface area contributed by atoms with Crippen molar-refractivity contribution in [1.82, 2.24) is 9.78 Å². The topological polar surface area (TPSA) is 85.2 Å². The first-order valence-corrected chi connectivity index (χ1v) is 6.68. The van der Waals surface area contributed by atoms with Crippen molar-refractivity contribution in [3.63, 3.8) is 0 Å². The molecule has 0 aliphatic heterocycles. The second kappa shape index (κ2) is 6.30. The van der Waals surface area contributed by atoms with Gasteiger partial charge in [0.25, 0.3) is 5.91 Å². The van der Waals surface area contributed by atoms with E-state index in [2.05, 4.69) is 15.7 Å². The molecule has 0 aliphatic rings. The molecule has 22 heavy (non-hydrogen) atoms. The Bertz CT molecular complexity index is 722. The second-order valence-corrected chi connectivity index (χ2v) is 4.84. The number of aromatic nitrogens is 2. The third-order valence-corrected chi connectivity index (χ3v) is 3.00. The van der Waals surface area contributed by atoms with Crippen LogP contribution in [0.2, 0.25) is 0 Å². The van der Waals surface area contributed by atoms with Crippen molar-refractivity contribution < 1.29 is 14.3 Å². The van der Waals surface area contributed by atoms with Crippen LogP contribution in [-0.2, 0) is 11.8 Å². The van der Waals surface area contributed by atoms with E-state index in [4.69, 9.17) is 4.74 Å². The zero-order valence-corrected chi connectivity index (χ0v) is 12.9. The van der Waals surface area contributed by atoms with Crippen molar-refractivity contribution in [2.24, 2.45) is 7.05 Å². The normalized spacial score (nSPS) is 10.2. The van der Waals surface area contributed by atoms with Gasteiger partial charge in [-0.1, -0.05) is 0 Å². The molecule has 0 saturated carbocycles. The number of nitrogens with one attached hydrogen (secondary N) is 2. The van der Waals surface area contributed by atoms with Gasteiger partial charge in [0.2, 0.25) is 5.91 Å². The first-order valence-electron chi connectivity index (χ1n) is 6.68. The number of nitrogens with zero attached hydrogens (tertiary/aromatic N) is 2. The highest BCUT2D eigenvalue weighted by Gasteiger charge is 2.14. The van der Waals surface area contributed by atoms with E-state index in [9.17, 15) is 9.59 Å². The average molecular weight is 302 g/mol. The maximum absolute atomic E-state index is 12.3. The minimum Gasteiger partial charge on any atom is -0.495 e. The Balaban J connectivity index is 2.28. The lowest BCUT2D eigenvalue weighted by molar-refractivity contribution is -0.114. The molecule has 2 amide bonds. The van der Waals surface area contributed by atoms with Crippen LogP contribution in [0.4, 0.5) is 11.4 Å². The maximum Gasteiger partial charge on any atom is 0.274 e. The van der Waals surface area contributed by atoms with Crippen LogP contribution in [0.15, 0.2) is 24.3 Å². The Labute approximate surface area is 128 Å². The molecule has 1 aromatic heterocycles. The molecule has 0 aliphatic carbocycles. The molecule has 0 unspecified atom stereocenters. The Morgan fingerprint density at radius 3 is 2.50 bits per heavy atom. The molecule has 2 N–H and O–H groups in total. The summed E-state index contributed by atoms with van der Waals surface area (Å²) in [6.07, 6.45) is 0. The molecule has 0 bridgehead atoms. The minimum atomic E-state index is -0.304. The molecule has 0 fully saturated rings. The first kappa shape index (κ1) is 15.6. The summed E-state index contributed by atoms with van der Waals surface area (Å²) in [6.45, 7) is 3.23. The van der Waals surface area contributed by atoms with Crippen LogP contribution in [0, 0.1) is 6.92 Å². The zero-order valence-electron chi connectivity index (χ0n) is 12.9. The smallest absolute Gasteiger partial charge is 0.274 e. The molecule has 2 rings (SSSR count). The maximum atomic E-state index is 12.3. The molecule has 0 saturated heterocycles. The number of benzene rings is 1. The van der Waals surface area contributed by atoms with Crippen molar-refractivity contribution in [2.75, 3.05) is 17.7 Å². The van der Waals surface area contributed by atoms with Gasteiger partial charge in [0.1, 0.15) is 11.4 Å². The summed E-state index contributed by atoms with van der Waals surface area (Å²) in [7, 11) is 3.21. The number of carbonyl (C=O) groups is 2. The lowest BCUT2D eigenvalue weighted by Crippen LogP contribution is -2.17. The number of amides is 2. The standard InChI is InChI=1S/C15H18N4O3/c1-9-7-13(19(3)18-9)15(21)17-12-8-11(16-10(2)20)5-6-14(12)22-4/h5-8H,1-4H3,(H,16,20)(H,17,21). The third kappa shape index (κ3) is 3.43. The molecule has 7 heteroatoms. The molecule has 116 valence electrons. The van der Waals surface area contributed by atoms with E-state index in [1.165, 1.54) is 18.7 Å². The summed E-state index contributed by atoms with van der Waals surface area (Å²) in [5.41, 5.74) is 2.23. The molecular formula is C15H18N4O3.